The van der Waals surface area contributed by atoms with Crippen LogP contribution in [0.3, 0.4) is 0 Å². The van der Waals surface area contributed by atoms with Gasteiger partial charge in [0.25, 0.3) is 0 Å². The lowest BCUT2D eigenvalue weighted by Crippen LogP contribution is -2.32. The Balaban J connectivity index is 1.76. The van der Waals surface area contributed by atoms with Crippen LogP contribution in [0.4, 0.5) is 0 Å². The maximum Gasteiger partial charge on any atom is 0.233 e. The summed E-state index contributed by atoms with van der Waals surface area (Å²) in [5.41, 5.74) is 1.29. The van der Waals surface area contributed by atoms with E-state index in [9.17, 15) is 4.79 Å². The Labute approximate surface area is 132 Å². The Morgan fingerprint density at radius 1 is 1.24 bits per heavy atom. The SMILES string of the molecule is CC(C)CNCc1ccc(SC(C)C(=O)NC2CC2)cc1. The molecular formula is C17H26N2OS. The molecule has 1 amide bonds. The van der Waals surface area contributed by atoms with Crippen molar-refractivity contribution in [2.24, 2.45) is 5.92 Å². The van der Waals surface area contributed by atoms with E-state index in [1.165, 1.54) is 5.56 Å². The lowest BCUT2D eigenvalue weighted by Gasteiger charge is -2.12. The van der Waals surface area contributed by atoms with Crippen LogP contribution in [0, 0.1) is 5.92 Å². The minimum atomic E-state index is -0.0319. The number of thioether (sulfide) groups is 1. The predicted octanol–water partition coefficient (Wildman–Crippen LogP) is 3.19. The quantitative estimate of drug-likeness (QED) is 0.725. The second-order valence-corrected chi connectivity index (χ2v) is 7.63. The highest BCUT2D eigenvalue weighted by atomic mass is 32.2. The Morgan fingerprint density at radius 3 is 2.48 bits per heavy atom. The van der Waals surface area contributed by atoms with Gasteiger partial charge in [-0.05, 0) is 49.9 Å². The molecule has 0 spiro atoms. The van der Waals surface area contributed by atoms with Crippen molar-refractivity contribution in [3.8, 4) is 0 Å². The van der Waals surface area contributed by atoms with Gasteiger partial charge in [-0.15, -0.1) is 11.8 Å². The first-order valence-corrected chi connectivity index (χ1v) is 8.69. The summed E-state index contributed by atoms with van der Waals surface area (Å²) in [5, 5.41) is 6.46. The van der Waals surface area contributed by atoms with Gasteiger partial charge in [0.2, 0.25) is 5.91 Å². The third-order valence-electron chi connectivity index (χ3n) is 3.41. The van der Waals surface area contributed by atoms with Crippen molar-refractivity contribution in [3.05, 3.63) is 29.8 Å². The second kappa shape index (κ2) is 7.85. The maximum absolute atomic E-state index is 11.9. The zero-order chi connectivity index (χ0) is 15.2. The van der Waals surface area contributed by atoms with Gasteiger partial charge < -0.3 is 10.6 Å². The Morgan fingerprint density at radius 2 is 1.90 bits per heavy atom. The lowest BCUT2D eigenvalue weighted by atomic mass is 10.2. The topological polar surface area (TPSA) is 41.1 Å². The number of carbonyl (C=O) groups excluding carboxylic acids is 1. The molecule has 0 aromatic heterocycles. The van der Waals surface area contributed by atoms with Crippen LogP contribution in [0.1, 0.15) is 39.2 Å². The molecule has 3 nitrogen and oxygen atoms in total. The molecule has 1 saturated carbocycles. The van der Waals surface area contributed by atoms with E-state index in [2.05, 4.69) is 48.7 Å². The first-order chi connectivity index (χ1) is 10.0. The van der Waals surface area contributed by atoms with E-state index >= 15 is 0 Å². The number of rotatable bonds is 8. The lowest BCUT2D eigenvalue weighted by molar-refractivity contribution is -0.120. The molecule has 1 aromatic rings. The van der Waals surface area contributed by atoms with Crippen LogP contribution < -0.4 is 10.6 Å². The summed E-state index contributed by atoms with van der Waals surface area (Å²) in [6.45, 7) is 8.33. The average Bonchev–Trinajstić information content (AvgIpc) is 3.24. The highest BCUT2D eigenvalue weighted by Gasteiger charge is 2.25. The molecule has 0 aliphatic heterocycles. The summed E-state index contributed by atoms with van der Waals surface area (Å²) in [7, 11) is 0. The van der Waals surface area contributed by atoms with Crippen molar-refractivity contribution in [2.45, 2.75) is 56.3 Å². The van der Waals surface area contributed by atoms with E-state index in [0.717, 1.165) is 30.8 Å². The molecule has 0 bridgehead atoms. The van der Waals surface area contributed by atoms with Gasteiger partial charge in [-0.25, -0.2) is 0 Å². The Bertz CT molecular complexity index is 454. The molecule has 4 heteroatoms. The first kappa shape index (κ1) is 16.4. The molecule has 1 aliphatic rings. The Kier molecular flexibility index (Phi) is 6.12. The summed E-state index contributed by atoms with van der Waals surface area (Å²) in [5.74, 6) is 0.829. The average molecular weight is 306 g/mol. The molecule has 1 aromatic carbocycles. The van der Waals surface area contributed by atoms with Crippen molar-refractivity contribution in [3.63, 3.8) is 0 Å². The number of carbonyl (C=O) groups is 1. The molecule has 1 atom stereocenters. The van der Waals surface area contributed by atoms with Gasteiger partial charge in [-0.2, -0.15) is 0 Å². The fourth-order valence-corrected chi connectivity index (χ4v) is 2.87. The van der Waals surface area contributed by atoms with Crippen LogP contribution in [0.15, 0.2) is 29.2 Å². The molecule has 2 rings (SSSR count). The van der Waals surface area contributed by atoms with Crippen molar-refractivity contribution < 1.29 is 4.79 Å². The van der Waals surface area contributed by atoms with Crippen LogP contribution in [-0.4, -0.2) is 23.7 Å². The highest BCUT2D eigenvalue weighted by Crippen LogP contribution is 2.25. The van der Waals surface area contributed by atoms with Crippen LogP contribution in [0.25, 0.3) is 0 Å². The summed E-state index contributed by atoms with van der Waals surface area (Å²) < 4.78 is 0. The van der Waals surface area contributed by atoms with Crippen molar-refractivity contribution in [1.82, 2.24) is 10.6 Å². The van der Waals surface area contributed by atoms with Gasteiger partial charge in [0.15, 0.2) is 0 Å². The fraction of sp³-hybridized carbons (Fsp3) is 0.588. The number of hydrogen-bond donors (Lipinski definition) is 2. The van der Waals surface area contributed by atoms with Gasteiger partial charge in [0.05, 0.1) is 5.25 Å². The number of nitrogens with one attached hydrogen (secondary N) is 2. The summed E-state index contributed by atoms with van der Waals surface area (Å²) >= 11 is 1.63. The minimum Gasteiger partial charge on any atom is -0.352 e. The standard InChI is InChI=1S/C17H26N2OS/c1-12(2)10-18-11-14-4-8-16(9-5-14)21-13(3)17(20)19-15-6-7-15/h4-5,8-9,12-13,15,18H,6-7,10-11H2,1-3H3,(H,19,20). The van der Waals surface area contributed by atoms with Crippen LogP contribution in [-0.2, 0) is 11.3 Å². The normalized spacial score (nSPS) is 16.0. The maximum atomic E-state index is 11.9. The summed E-state index contributed by atoms with van der Waals surface area (Å²) in [6, 6.07) is 8.94. The monoisotopic (exact) mass is 306 g/mol. The minimum absolute atomic E-state index is 0.0319. The van der Waals surface area contributed by atoms with Gasteiger partial charge >= 0.3 is 0 Å². The molecule has 116 valence electrons. The fourth-order valence-electron chi connectivity index (χ4n) is 1.99. The summed E-state index contributed by atoms with van der Waals surface area (Å²) in [4.78, 5) is 13.1. The zero-order valence-corrected chi connectivity index (χ0v) is 14.0. The van der Waals surface area contributed by atoms with E-state index in [1.54, 1.807) is 11.8 Å². The van der Waals surface area contributed by atoms with Crippen LogP contribution in [0.5, 0.6) is 0 Å². The second-order valence-electron chi connectivity index (χ2n) is 6.21. The largest absolute Gasteiger partial charge is 0.352 e. The number of amides is 1. The molecule has 1 aliphatic carbocycles. The molecule has 0 heterocycles. The van der Waals surface area contributed by atoms with Crippen LogP contribution >= 0.6 is 11.8 Å². The third-order valence-corrected chi connectivity index (χ3v) is 4.52. The molecule has 2 N–H and O–H groups in total. The van der Waals surface area contributed by atoms with E-state index in [0.29, 0.717) is 12.0 Å². The van der Waals surface area contributed by atoms with Crippen molar-refractivity contribution in [2.75, 3.05) is 6.54 Å². The third kappa shape index (κ3) is 6.10. The molecular weight excluding hydrogens is 280 g/mol. The molecule has 1 fully saturated rings. The van der Waals surface area contributed by atoms with Crippen molar-refractivity contribution >= 4 is 17.7 Å². The van der Waals surface area contributed by atoms with Gasteiger partial charge in [-0.3, -0.25) is 4.79 Å². The first-order valence-electron chi connectivity index (χ1n) is 7.81. The van der Waals surface area contributed by atoms with Gasteiger partial charge in [-0.1, -0.05) is 26.0 Å². The molecule has 21 heavy (non-hydrogen) atoms. The smallest absolute Gasteiger partial charge is 0.233 e. The van der Waals surface area contributed by atoms with Gasteiger partial charge in [0, 0.05) is 17.5 Å². The van der Waals surface area contributed by atoms with Gasteiger partial charge in [0.1, 0.15) is 0 Å². The molecule has 0 saturated heterocycles. The number of hydrogen-bond acceptors (Lipinski definition) is 3. The van der Waals surface area contributed by atoms with E-state index in [4.69, 9.17) is 0 Å². The van der Waals surface area contributed by atoms with E-state index in [1.807, 2.05) is 6.92 Å². The van der Waals surface area contributed by atoms with Crippen LogP contribution in [0.2, 0.25) is 0 Å². The van der Waals surface area contributed by atoms with E-state index < -0.39 is 0 Å². The molecule has 1 unspecified atom stereocenters. The zero-order valence-electron chi connectivity index (χ0n) is 13.2. The number of benzene rings is 1. The Hall–Kier alpha value is -1.00. The molecule has 0 radical (unpaired) electrons. The highest BCUT2D eigenvalue weighted by molar-refractivity contribution is 8.00. The predicted molar refractivity (Wildman–Crippen MR) is 89.5 cm³/mol. The summed E-state index contributed by atoms with van der Waals surface area (Å²) in [6.07, 6.45) is 2.28. The van der Waals surface area contributed by atoms with E-state index in [-0.39, 0.29) is 11.2 Å². The van der Waals surface area contributed by atoms with Crippen molar-refractivity contribution in [1.29, 1.82) is 0 Å².